The SMILES string of the molecule is CC(C)c1ccc(/C=C/C(=O)c2ccc(NC3C4=C(OC3(C)C)c3ccccc3C(=O)C4=O)cc2)cc1. The van der Waals surface area contributed by atoms with Crippen LogP contribution < -0.4 is 5.32 Å². The summed E-state index contributed by atoms with van der Waals surface area (Å²) >= 11 is 0. The smallest absolute Gasteiger partial charge is 0.235 e. The highest BCUT2D eigenvalue weighted by Crippen LogP contribution is 2.44. The number of fused-ring (bicyclic) bond motifs is 2. The Morgan fingerprint density at radius 1 is 0.892 bits per heavy atom. The third kappa shape index (κ3) is 4.53. The molecule has 0 aromatic heterocycles. The Morgan fingerprint density at radius 3 is 2.19 bits per heavy atom. The van der Waals surface area contributed by atoms with Crippen molar-refractivity contribution >= 4 is 34.9 Å². The number of carbonyl (C=O) groups excluding carboxylic acids is 3. The number of anilines is 1. The van der Waals surface area contributed by atoms with Crippen LogP contribution in [-0.4, -0.2) is 29.0 Å². The second-order valence-corrected chi connectivity index (χ2v) is 10.3. The molecule has 5 nitrogen and oxygen atoms in total. The molecule has 1 N–H and O–H groups in total. The van der Waals surface area contributed by atoms with Gasteiger partial charge in [0.25, 0.3) is 0 Å². The summed E-state index contributed by atoms with van der Waals surface area (Å²) in [5, 5.41) is 3.37. The number of ketones is 3. The number of carbonyl (C=O) groups is 3. The topological polar surface area (TPSA) is 72.5 Å². The van der Waals surface area contributed by atoms with E-state index in [4.69, 9.17) is 4.74 Å². The molecule has 0 radical (unpaired) electrons. The van der Waals surface area contributed by atoms with Gasteiger partial charge in [0.2, 0.25) is 11.6 Å². The second-order valence-electron chi connectivity index (χ2n) is 10.3. The van der Waals surface area contributed by atoms with Crippen molar-refractivity contribution in [2.24, 2.45) is 0 Å². The fourth-order valence-corrected chi connectivity index (χ4v) is 4.82. The summed E-state index contributed by atoms with van der Waals surface area (Å²) in [6.07, 6.45) is 3.39. The van der Waals surface area contributed by atoms with Crippen LogP contribution in [0.25, 0.3) is 11.8 Å². The number of allylic oxidation sites excluding steroid dienone is 1. The van der Waals surface area contributed by atoms with Gasteiger partial charge in [0.1, 0.15) is 11.4 Å². The van der Waals surface area contributed by atoms with Crippen LogP contribution in [0.4, 0.5) is 5.69 Å². The summed E-state index contributed by atoms with van der Waals surface area (Å²) in [5.74, 6) is -0.243. The highest BCUT2D eigenvalue weighted by Gasteiger charge is 2.50. The Bertz CT molecular complexity index is 1460. The van der Waals surface area contributed by atoms with E-state index in [1.807, 2.05) is 38.1 Å². The van der Waals surface area contributed by atoms with Crippen LogP contribution in [0, 0.1) is 0 Å². The minimum atomic E-state index is -0.763. The predicted molar refractivity (Wildman–Crippen MR) is 146 cm³/mol. The molecule has 0 bridgehead atoms. The van der Waals surface area contributed by atoms with Crippen LogP contribution in [0.15, 0.2) is 84.4 Å². The summed E-state index contributed by atoms with van der Waals surface area (Å²) in [6.45, 7) is 8.07. The average molecular weight is 492 g/mol. The van der Waals surface area contributed by atoms with E-state index in [2.05, 4.69) is 31.3 Å². The first-order valence-corrected chi connectivity index (χ1v) is 12.5. The third-order valence-corrected chi connectivity index (χ3v) is 6.97. The zero-order chi connectivity index (χ0) is 26.3. The molecule has 0 spiro atoms. The van der Waals surface area contributed by atoms with Gasteiger partial charge >= 0.3 is 0 Å². The molecule has 0 saturated carbocycles. The third-order valence-electron chi connectivity index (χ3n) is 6.97. The first-order valence-electron chi connectivity index (χ1n) is 12.5. The molecule has 0 saturated heterocycles. The second kappa shape index (κ2) is 9.32. The highest BCUT2D eigenvalue weighted by molar-refractivity contribution is 6.52. The molecule has 2 aliphatic rings. The number of ether oxygens (including phenoxy) is 1. The number of Topliss-reactive ketones (excluding diaryl/α,β-unsaturated/α-hetero) is 2. The van der Waals surface area contributed by atoms with Crippen molar-refractivity contribution in [1.29, 1.82) is 0 Å². The van der Waals surface area contributed by atoms with Gasteiger partial charge in [-0.3, -0.25) is 14.4 Å². The fourth-order valence-electron chi connectivity index (χ4n) is 4.82. The van der Waals surface area contributed by atoms with Crippen molar-refractivity contribution in [3.63, 3.8) is 0 Å². The van der Waals surface area contributed by atoms with Crippen molar-refractivity contribution in [3.05, 3.63) is 112 Å². The van der Waals surface area contributed by atoms with Crippen LogP contribution in [0.5, 0.6) is 0 Å². The molecule has 0 fully saturated rings. The Balaban J connectivity index is 1.34. The molecule has 186 valence electrons. The normalized spacial score (nSPS) is 18.1. The maximum Gasteiger partial charge on any atom is 0.235 e. The number of nitrogens with one attached hydrogen (secondary N) is 1. The Kier molecular flexibility index (Phi) is 6.16. The number of hydrogen-bond donors (Lipinski definition) is 1. The lowest BCUT2D eigenvalue weighted by molar-refractivity contribution is -0.112. The summed E-state index contributed by atoms with van der Waals surface area (Å²) in [5.41, 5.74) is 4.10. The number of benzene rings is 3. The summed E-state index contributed by atoms with van der Waals surface area (Å²) in [4.78, 5) is 38.6. The van der Waals surface area contributed by atoms with Gasteiger partial charge in [-0.2, -0.15) is 0 Å². The molecular formula is C32H29NO4. The lowest BCUT2D eigenvalue weighted by atomic mass is 9.83. The van der Waals surface area contributed by atoms with E-state index in [1.54, 1.807) is 48.5 Å². The molecule has 0 amide bonds. The summed E-state index contributed by atoms with van der Waals surface area (Å²) in [6, 6.07) is 21.8. The van der Waals surface area contributed by atoms with Crippen LogP contribution in [0.1, 0.15) is 71.0 Å². The molecule has 1 heterocycles. The number of hydrogen-bond acceptors (Lipinski definition) is 5. The van der Waals surface area contributed by atoms with Crippen LogP contribution in [0.3, 0.4) is 0 Å². The summed E-state index contributed by atoms with van der Waals surface area (Å²) < 4.78 is 6.22. The first kappa shape index (κ1) is 24.4. The maximum absolute atomic E-state index is 13.1. The predicted octanol–water partition coefficient (Wildman–Crippen LogP) is 6.47. The standard InChI is InChI=1S/C32H29NO4/c1-19(2)21-12-9-20(10-13-21)11-18-26(34)22-14-16-23(17-15-22)33-31-27-29(36)28(35)24-7-5-6-8-25(24)30(27)37-32(31,3)4/h5-19,31,33H,1-4H3/b18-11+. The first-order chi connectivity index (χ1) is 17.7. The van der Waals surface area contributed by atoms with E-state index >= 15 is 0 Å². The molecule has 5 heteroatoms. The molecule has 3 aromatic carbocycles. The number of rotatable bonds is 6. The molecular weight excluding hydrogens is 462 g/mol. The molecule has 1 aliphatic carbocycles. The van der Waals surface area contributed by atoms with E-state index in [0.29, 0.717) is 33.9 Å². The van der Waals surface area contributed by atoms with Crippen molar-refractivity contribution in [3.8, 4) is 0 Å². The molecule has 1 aliphatic heterocycles. The van der Waals surface area contributed by atoms with Crippen LogP contribution >= 0.6 is 0 Å². The van der Waals surface area contributed by atoms with Crippen molar-refractivity contribution < 1.29 is 19.1 Å². The highest BCUT2D eigenvalue weighted by atomic mass is 16.5. The molecule has 3 aromatic rings. The van der Waals surface area contributed by atoms with E-state index in [1.165, 1.54) is 5.56 Å². The van der Waals surface area contributed by atoms with Gasteiger partial charge in [-0.1, -0.05) is 68.5 Å². The van der Waals surface area contributed by atoms with Gasteiger partial charge < -0.3 is 10.1 Å². The van der Waals surface area contributed by atoms with Gasteiger partial charge in [0.05, 0.1) is 11.6 Å². The maximum atomic E-state index is 13.1. The largest absolute Gasteiger partial charge is 0.484 e. The quantitative estimate of drug-likeness (QED) is 0.243. The monoisotopic (exact) mass is 491 g/mol. The molecule has 1 atom stereocenters. The Labute approximate surface area is 216 Å². The van der Waals surface area contributed by atoms with Gasteiger partial charge in [-0.05, 0) is 61.2 Å². The van der Waals surface area contributed by atoms with E-state index < -0.39 is 23.2 Å². The zero-order valence-electron chi connectivity index (χ0n) is 21.4. The molecule has 37 heavy (non-hydrogen) atoms. The molecule has 1 unspecified atom stereocenters. The van der Waals surface area contributed by atoms with E-state index in [-0.39, 0.29) is 5.78 Å². The lowest BCUT2D eigenvalue weighted by Gasteiger charge is -2.29. The zero-order valence-corrected chi connectivity index (χ0v) is 21.4. The van der Waals surface area contributed by atoms with Crippen molar-refractivity contribution in [2.45, 2.75) is 45.3 Å². The minimum absolute atomic E-state index is 0.0985. The van der Waals surface area contributed by atoms with Crippen molar-refractivity contribution in [1.82, 2.24) is 0 Å². The van der Waals surface area contributed by atoms with E-state index in [0.717, 1.165) is 11.3 Å². The Hall–Kier alpha value is -4.25. The molecule has 5 rings (SSSR count). The van der Waals surface area contributed by atoms with Crippen LogP contribution in [0.2, 0.25) is 0 Å². The van der Waals surface area contributed by atoms with Gasteiger partial charge in [-0.15, -0.1) is 0 Å². The lowest BCUT2D eigenvalue weighted by Crippen LogP contribution is -2.43. The average Bonchev–Trinajstić information content (AvgIpc) is 3.16. The van der Waals surface area contributed by atoms with Crippen molar-refractivity contribution in [2.75, 3.05) is 5.32 Å². The van der Waals surface area contributed by atoms with Gasteiger partial charge in [-0.25, -0.2) is 0 Å². The fraction of sp³-hybridized carbons (Fsp3) is 0.219. The summed E-state index contributed by atoms with van der Waals surface area (Å²) in [7, 11) is 0. The van der Waals surface area contributed by atoms with Gasteiger partial charge in [0, 0.05) is 22.4 Å². The van der Waals surface area contributed by atoms with E-state index in [9.17, 15) is 14.4 Å². The van der Waals surface area contributed by atoms with Gasteiger partial charge in [0.15, 0.2) is 5.78 Å². The minimum Gasteiger partial charge on any atom is -0.484 e. The van der Waals surface area contributed by atoms with Crippen LogP contribution in [-0.2, 0) is 9.53 Å². The Morgan fingerprint density at radius 2 is 1.54 bits per heavy atom.